The second kappa shape index (κ2) is 2.67. The second-order valence-corrected chi connectivity index (χ2v) is 3.86. The van der Waals surface area contributed by atoms with Gasteiger partial charge in [0.25, 0.3) is 0 Å². The van der Waals surface area contributed by atoms with Crippen LogP contribution in [-0.2, 0) is 4.74 Å². The Morgan fingerprint density at radius 2 is 1.92 bits per heavy atom. The average Bonchev–Trinajstić information content (AvgIpc) is 2.14. The highest BCUT2D eigenvalue weighted by Crippen LogP contribution is 2.37. The molecule has 1 aliphatic heterocycles. The second-order valence-electron chi connectivity index (χ2n) is 3.86. The zero-order valence-electron chi connectivity index (χ0n) is 7.61. The fraction of sp³-hybridized carbons (Fsp3) is 1.00. The maximum Gasteiger partial charge on any atom is 0.117 e. The van der Waals surface area contributed by atoms with Crippen molar-refractivity contribution in [2.45, 2.75) is 44.2 Å². The molecule has 72 valence electrons. The van der Waals surface area contributed by atoms with Crippen molar-refractivity contribution in [1.82, 2.24) is 0 Å². The molecular formula is C8H16O4. The van der Waals surface area contributed by atoms with Crippen molar-refractivity contribution in [3.63, 3.8) is 0 Å². The van der Waals surface area contributed by atoms with Gasteiger partial charge in [0.05, 0.1) is 12.7 Å². The van der Waals surface area contributed by atoms with E-state index in [1.807, 2.05) is 0 Å². The van der Waals surface area contributed by atoms with Gasteiger partial charge in [0.2, 0.25) is 0 Å². The minimum atomic E-state index is -1.28. The van der Waals surface area contributed by atoms with Crippen LogP contribution in [0.1, 0.15) is 20.8 Å². The molecule has 1 heterocycles. The van der Waals surface area contributed by atoms with Gasteiger partial charge in [0.1, 0.15) is 17.3 Å². The van der Waals surface area contributed by atoms with Crippen LogP contribution in [-0.4, -0.2) is 45.3 Å². The summed E-state index contributed by atoms with van der Waals surface area (Å²) in [5, 5.41) is 28.3. The highest BCUT2D eigenvalue weighted by molar-refractivity contribution is 5.05. The van der Waals surface area contributed by atoms with Gasteiger partial charge >= 0.3 is 0 Å². The highest BCUT2D eigenvalue weighted by Gasteiger charge is 2.56. The van der Waals surface area contributed by atoms with Crippen LogP contribution in [0.25, 0.3) is 0 Å². The zero-order chi connectivity index (χ0) is 9.57. The summed E-state index contributed by atoms with van der Waals surface area (Å²) in [5.41, 5.74) is -2.32. The molecule has 1 fully saturated rings. The zero-order valence-corrected chi connectivity index (χ0v) is 7.61. The van der Waals surface area contributed by atoms with E-state index in [2.05, 4.69) is 0 Å². The van der Waals surface area contributed by atoms with Crippen LogP contribution < -0.4 is 0 Å². The molecule has 1 aliphatic rings. The minimum Gasteiger partial charge on any atom is -0.393 e. The van der Waals surface area contributed by atoms with E-state index in [-0.39, 0.29) is 6.61 Å². The molecule has 1 rings (SSSR count). The molecule has 1 saturated heterocycles. The Bertz CT molecular complexity index is 180. The Morgan fingerprint density at radius 1 is 1.42 bits per heavy atom. The third-order valence-electron chi connectivity index (χ3n) is 2.71. The third-order valence-corrected chi connectivity index (χ3v) is 2.71. The lowest BCUT2D eigenvalue weighted by Crippen LogP contribution is -2.49. The average molecular weight is 176 g/mol. The normalized spacial score (nSPS) is 54.5. The molecular weight excluding hydrogens is 160 g/mol. The van der Waals surface area contributed by atoms with Crippen molar-refractivity contribution >= 4 is 0 Å². The SMILES string of the molecule is C[C@@H]1O[C@](C)(CO)[C@@H](O)[C@@]1(C)O. The van der Waals surface area contributed by atoms with Crippen molar-refractivity contribution in [3.05, 3.63) is 0 Å². The van der Waals surface area contributed by atoms with Gasteiger partial charge in [-0.15, -0.1) is 0 Å². The van der Waals surface area contributed by atoms with Crippen LogP contribution in [0.2, 0.25) is 0 Å². The summed E-state index contributed by atoms with van der Waals surface area (Å²) in [6.07, 6.45) is -1.52. The van der Waals surface area contributed by atoms with E-state index in [0.717, 1.165) is 0 Å². The van der Waals surface area contributed by atoms with Gasteiger partial charge in [-0.3, -0.25) is 0 Å². The van der Waals surface area contributed by atoms with Gasteiger partial charge in [0, 0.05) is 0 Å². The lowest BCUT2D eigenvalue weighted by Gasteiger charge is -2.28. The summed E-state index contributed by atoms with van der Waals surface area (Å²) in [6, 6.07) is 0. The molecule has 4 atom stereocenters. The fourth-order valence-corrected chi connectivity index (χ4v) is 1.55. The molecule has 0 radical (unpaired) electrons. The number of rotatable bonds is 1. The van der Waals surface area contributed by atoms with E-state index in [9.17, 15) is 10.2 Å². The van der Waals surface area contributed by atoms with Crippen molar-refractivity contribution in [3.8, 4) is 0 Å². The van der Waals surface area contributed by atoms with Crippen molar-refractivity contribution in [1.29, 1.82) is 0 Å². The summed E-state index contributed by atoms with van der Waals surface area (Å²) < 4.78 is 5.28. The smallest absolute Gasteiger partial charge is 0.117 e. The number of ether oxygens (including phenoxy) is 1. The Labute approximate surface area is 71.8 Å². The van der Waals surface area contributed by atoms with Crippen LogP contribution in [0, 0.1) is 0 Å². The summed E-state index contributed by atoms with van der Waals surface area (Å²) in [7, 11) is 0. The number of hydrogen-bond donors (Lipinski definition) is 3. The first-order valence-corrected chi connectivity index (χ1v) is 4.03. The lowest BCUT2D eigenvalue weighted by molar-refractivity contribution is -0.0970. The molecule has 0 amide bonds. The number of aliphatic hydroxyl groups is 3. The minimum absolute atomic E-state index is 0.297. The molecule has 12 heavy (non-hydrogen) atoms. The molecule has 0 aromatic heterocycles. The molecule has 0 aromatic carbocycles. The molecule has 0 saturated carbocycles. The van der Waals surface area contributed by atoms with E-state index in [1.165, 1.54) is 6.92 Å². The van der Waals surface area contributed by atoms with Gasteiger partial charge < -0.3 is 20.1 Å². The Kier molecular flexibility index (Phi) is 2.21. The predicted octanol–water partition coefficient (Wildman–Crippen LogP) is -0.732. The molecule has 3 N–H and O–H groups in total. The van der Waals surface area contributed by atoms with Gasteiger partial charge in [-0.1, -0.05) is 0 Å². The molecule has 0 aliphatic carbocycles. The van der Waals surface area contributed by atoms with E-state index in [0.29, 0.717) is 0 Å². The van der Waals surface area contributed by atoms with Crippen molar-refractivity contribution in [2.24, 2.45) is 0 Å². The van der Waals surface area contributed by atoms with E-state index < -0.39 is 23.4 Å². The van der Waals surface area contributed by atoms with Gasteiger partial charge in [-0.2, -0.15) is 0 Å². The van der Waals surface area contributed by atoms with E-state index >= 15 is 0 Å². The molecule has 0 spiro atoms. The maximum absolute atomic E-state index is 9.71. The third kappa shape index (κ3) is 1.15. The van der Waals surface area contributed by atoms with Crippen molar-refractivity contribution in [2.75, 3.05) is 6.61 Å². The lowest BCUT2D eigenvalue weighted by atomic mass is 9.88. The topological polar surface area (TPSA) is 69.9 Å². The summed E-state index contributed by atoms with van der Waals surface area (Å²) in [6.45, 7) is 4.46. The Balaban J connectivity index is 2.90. The first-order chi connectivity index (χ1) is 5.34. The fourth-order valence-electron chi connectivity index (χ4n) is 1.55. The number of aliphatic hydroxyl groups excluding tert-OH is 2. The molecule has 0 bridgehead atoms. The largest absolute Gasteiger partial charge is 0.393 e. The van der Waals surface area contributed by atoms with Crippen LogP contribution >= 0.6 is 0 Å². The van der Waals surface area contributed by atoms with Gasteiger partial charge in [0.15, 0.2) is 0 Å². The predicted molar refractivity (Wildman–Crippen MR) is 42.7 cm³/mol. The molecule has 0 aromatic rings. The van der Waals surface area contributed by atoms with Crippen LogP contribution in [0.4, 0.5) is 0 Å². The number of hydrogen-bond acceptors (Lipinski definition) is 4. The van der Waals surface area contributed by atoms with Crippen LogP contribution in [0.3, 0.4) is 0 Å². The van der Waals surface area contributed by atoms with Gasteiger partial charge in [-0.25, -0.2) is 0 Å². The first-order valence-electron chi connectivity index (χ1n) is 4.03. The first kappa shape index (κ1) is 9.92. The monoisotopic (exact) mass is 176 g/mol. The van der Waals surface area contributed by atoms with Crippen LogP contribution in [0.15, 0.2) is 0 Å². The van der Waals surface area contributed by atoms with Crippen molar-refractivity contribution < 1.29 is 20.1 Å². The Hall–Kier alpha value is -0.160. The highest BCUT2D eigenvalue weighted by atomic mass is 16.6. The summed E-state index contributed by atoms with van der Waals surface area (Å²) in [5.74, 6) is 0. The Morgan fingerprint density at radius 3 is 2.08 bits per heavy atom. The molecule has 0 unspecified atom stereocenters. The van der Waals surface area contributed by atoms with Gasteiger partial charge in [-0.05, 0) is 20.8 Å². The summed E-state index contributed by atoms with van der Waals surface area (Å²) in [4.78, 5) is 0. The standard InChI is InChI=1S/C8H16O4/c1-5-8(3,11)6(10)7(2,4-9)12-5/h5-6,9-11H,4H2,1-3H3/t5-,6+,7+,8-/m0/s1. The van der Waals surface area contributed by atoms with E-state index in [1.54, 1.807) is 13.8 Å². The summed E-state index contributed by atoms with van der Waals surface area (Å²) >= 11 is 0. The molecule has 4 heteroatoms. The van der Waals surface area contributed by atoms with E-state index in [4.69, 9.17) is 9.84 Å². The maximum atomic E-state index is 9.71. The molecule has 4 nitrogen and oxygen atoms in total. The van der Waals surface area contributed by atoms with Crippen LogP contribution in [0.5, 0.6) is 0 Å². The quantitative estimate of drug-likeness (QED) is 0.492.